The van der Waals surface area contributed by atoms with Crippen molar-refractivity contribution >= 4 is 10.0 Å². The summed E-state index contributed by atoms with van der Waals surface area (Å²) >= 11 is 0. The molecule has 96 valence electrons. The highest BCUT2D eigenvalue weighted by Gasteiger charge is 2.21. The highest BCUT2D eigenvalue weighted by atomic mass is 32.2. The third kappa shape index (κ3) is 3.52. The molecule has 4 nitrogen and oxygen atoms in total. The summed E-state index contributed by atoms with van der Waals surface area (Å²) in [5, 5.41) is 8.76. The molecule has 1 aromatic rings. The zero-order valence-corrected chi connectivity index (χ0v) is 11.1. The first kappa shape index (κ1) is 14.2. The summed E-state index contributed by atoms with van der Waals surface area (Å²) in [6, 6.07) is 6.80. The van der Waals surface area contributed by atoms with E-state index in [2.05, 4.69) is 0 Å². The minimum atomic E-state index is -3.42. The van der Waals surface area contributed by atoms with Gasteiger partial charge in [0.1, 0.15) is 0 Å². The Bertz CT molecular complexity index is 439. The van der Waals surface area contributed by atoms with Crippen LogP contribution < -0.4 is 0 Å². The van der Waals surface area contributed by atoms with Gasteiger partial charge in [0.2, 0.25) is 10.0 Å². The minimum absolute atomic E-state index is 0.0000815. The van der Waals surface area contributed by atoms with Gasteiger partial charge in [-0.05, 0) is 25.5 Å². The van der Waals surface area contributed by atoms with Crippen LogP contribution in [0.3, 0.4) is 0 Å². The molecular formula is C12H19NO3S. The van der Waals surface area contributed by atoms with Crippen molar-refractivity contribution in [3.63, 3.8) is 0 Å². The molecule has 5 heteroatoms. The van der Waals surface area contributed by atoms with Crippen molar-refractivity contribution in [3.8, 4) is 0 Å². The normalized spacial score (nSPS) is 12.0. The van der Waals surface area contributed by atoms with Gasteiger partial charge < -0.3 is 5.11 Å². The molecule has 0 unspecified atom stereocenters. The highest BCUT2D eigenvalue weighted by Crippen LogP contribution is 2.16. The number of aliphatic hydroxyl groups is 1. The Balaban J connectivity index is 2.95. The zero-order valence-electron chi connectivity index (χ0n) is 10.3. The minimum Gasteiger partial charge on any atom is -0.396 e. The average Bonchev–Trinajstić information content (AvgIpc) is 2.30. The maximum atomic E-state index is 12.2. The van der Waals surface area contributed by atoms with Gasteiger partial charge in [-0.1, -0.05) is 24.6 Å². The predicted octanol–water partition coefficient (Wildman–Crippen LogP) is 1.39. The number of hydrogen-bond acceptors (Lipinski definition) is 3. The number of hydrogen-bond donors (Lipinski definition) is 1. The van der Waals surface area contributed by atoms with E-state index < -0.39 is 10.0 Å². The van der Waals surface area contributed by atoms with E-state index in [1.807, 2.05) is 6.92 Å². The van der Waals surface area contributed by atoms with E-state index in [1.54, 1.807) is 31.2 Å². The summed E-state index contributed by atoms with van der Waals surface area (Å²) in [5.74, 6) is 0. The number of rotatable bonds is 6. The van der Waals surface area contributed by atoms with Gasteiger partial charge in [0, 0.05) is 19.7 Å². The molecule has 1 N–H and O–H groups in total. The Morgan fingerprint density at radius 2 is 1.82 bits per heavy atom. The van der Waals surface area contributed by atoms with Gasteiger partial charge in [-0.25, -0.2) is 8.42 Å². The standard InChI is InChI=1S/C12H19NO3S/c1-3-13(9-4-10-14)17(15,16)12-7-5-11(2)6-8-12/h5-8,14H,3-4,9-10H2,1-2H3. The first-order chi connectivity index (χ1) is 8.02. The zero-order chi connectivity index (χ0) is 12.9. The van der Waals surface area contributed by atoms with E-state index >= 15 is 0 Å². The number of aliphatic hydroxyl groups excluding tert-OH is 1. The number of sulfonamides is 1. The molecule has 0 atom stereocenters. The van der Waals surface area contributed by atoms with Crippen LogP contribution in [0.15, 0.2) is 29.2 Å². The molecule has 17 heavy (non-hydrogen) atoms. The summed E-state index contributed by atoms with van der Waals surface area (Å²) in [6.07, 6.45) is 0.457. The largest absolute Gasteiger partial charge is 0.396 e. The lowest BCUT2D eigenvalue weighted by atomic mass is 10.2. The quantitative estimate of drug-likeness (QED) is 0.838. The van der Waals surface area contributed by atoms with Crippen LogP contribution in [0, 0.1) is 6.92 Å². The van der Waals surface area contributed by atoms with E-state index in [0.29, 0.717) is 24.4 Å². The van der Waals surface area contributed by atoms with Gasteiger partial charge in [0.15, 0.2) is 0 Å². The molecule has 0 fully saturated rings. The Kier molecular flexibility index (Phi) is 5.11. The highest BCUT2D eigenvalue weighted by molar-refractivity contribution is 7.89. The van der Waals surface area contributed by atoms with Crippen molar-refractivity contribution in [2.24, 2.45) is 0 Å². The predicted molar refractivity (Wildman–Crippen MR) is 67.3 cm³/mol. The van der Waals surface area contributed by atoms with E-state index in [0.717, 1.165) is 5.56 Å². The maximum Gasteiger partial charge on any atom is 0.243 e. The van der Waals surface area contributed by atoms with Crippen LogP contribution >= 0.6 is 0 Å². The van der Waals surface area contributed by atoms with Gasteiger partial charge in [0.25, 0.3) is 0 Å². The lowest BCUT2D eigenvalue weighted by Gasteiger charge is -2.20. The molecule has 0 aromatic heterocycles. The Morgan fingerprint density at radius 1 is 1.24 bits per heavy atom. The fourth-order valence-corrected chi connectivity index (χ4v) is 3.04. The van der Waals surface area contributed by atoms with Crippen LogP contribution in [0.4, 0.5) is 0 Å². The topological polar surface area (TPSA) is 57.6 Å². The van der Waals surface area contributed by atoms with Crippen molar-refractivity contribution in [1.29, 1.82) is 0 Å². The van der Waals surface area contributed by atoms with Gasteiger partial charge >= 0.3 is 0 Å². The van der Waals surface area contributed by atoms with Crippen molar-refractivity contribution in [2.75, 3.05) is 19.7 Å². The second-order valence-corrected chi connectivity index (χ2v) is 5.82. The lowest BCUT2D eigenvalue weighted by Crippen LogP contribution is -2.32. The molecule has 0 spiro atoms. The molecule has 1 aromatic carbocycles. The fraction of sp³-hybridized carbons (Fsp3) is 0.500. The molecule has 0 aliphatic carbocycles. The fourth-order valence-electron chi connectivity index (χ4n) is 1.55. The van der Waals surface area contributed by atoms with Crippen molar-refractivity contribution in [1.82, 2.24) is 4.31 Å². The van der Waals surface area contributed by atoms with Crippen LogP contribution in [0.5, 0.6) is 0 Å². The molecule has 0 amide bonds. The Hall–Kier alpha value is -0.910. The number of nitrogens with zero attached hydrogens (tertiary/aromatic N) is 1. The molecule has 0 radical (unpaired) electrons. The summed E-state index contributed by atoms with van der Waals surface area (Å²) in [6.45, 7) is 4.47. The Labute approximate surface area is 103 Å². The molecule has 0 saturated heterocycles. The molecule has 0 aliphatic rings. The lowest BCUT2D eigenvalue weighted by molar-refractivity contribution is 0.271. The molecular weight excluding hydrogens is 238 g/mol. The molecule has 1 rings (SSSR count). The van der Waals surface area contributed by atoms with E-state index in [4.69, 9.17) is 5.11 Å². The van der Waals surface area contributed by atoms with Crippen LogP contribution in [0.2, 0.25) is 0 Å². The van der Waals surface area contributed by atoms with Crippen LogP contribution in [0.1, 0.15) is 18.9 Å². The number of benzene rings is 1. The third-order valence-electron chi connectivity index (χ3n) is 2.58. The summed E-state index contributed by atoms with van der Waals surface area (Å²) < 4.78 is 25.8. The van der Waals surface area contributed by atoms with Crippen molar-refractivity contribution in [3.05, 3.63) is 29.8 Å². The summed E-state index contributed by atoms with van der Waals surface area (Å²) in [7, 11) is -3.42. The van der Waals surface area contributed by atoms with Gasteiger partial charge in [-0.15, -0.1) is 0 Å². The van der Waals surface area contributed by atoms with Gasteiger partial charge in [-0.3, -0.25) is 0 Å². The maximum absolute atomic E-state index is 12.2. The van der Waals surface area contributed by atoms with E-state index in [9.17, 15) is 8.42 Å². The smallest absolute Gasteiger partial charge is 0.243 e. The molecule has 0 saturated carbocycles. The van der Waals surface area contributed by atoms with Crippen LogP contribution in [0.25, 0.3) is 0 Å². The van der Waals surface area contributed by atoms with Gasteiger partial charge in [-0.2, -0.15) is 4.31 Å². The first-order valence-electron chi connectivity index (χ1n) is 5.70. The second-order valence-electron chi connectivity index (χ2n) is 3.89. The van der Waals surface area contributed by atoms with Gasteiger partial charge in [0.05, 0.1) is 4.90 Å². The monoisotopic (exact) mass is 257 g/mol. The summed E-state index contributed by atoms with van der Waals surface area (Å²) in [5.41, 5.74) is 1.03. The van der Waals surface area contributed by atoms with Crippen LogP contribution in [-0.4, -0.2) is 37.5 Å². The molecule has 0 aliphatic heterocycles. The molecule has 0 bridgehead atoms. The third-order valence-corrected chi connectivity index (χ3v) is 4.57. The number of aryl methyl sites for hydroxylation is 1. The van der Waals surface area contributed by atoms with E-state index in [1.165, 1.54) is 4.31 Å². The summed E-state index contributed by atoms with van der Waals surface area (Å²) in [4.78, 5) is 0.308. The van der Waals surface area contributed by atoms with Crippen molar-refractivity contribution < 1.29 is 13.5 Å². The second kappa shape index (κ2) is 6.14. The Morgan fingerprint density at radius 3 is 2.29 bits per heavy atom. The average molecular weight is 257 g/mol. The van der Waals surface area contributed by atoms with E-state index in [-0.39, 0.29) is 6.61 Å². The molecule has 0 heterocycles. The van der Waals surface area contributed by atoms with Crippen LogP contribution in [-0.2, 0) is 10.0 Å². The van der Waals surface area contributed by atoms with Crippen molar-refractivity contribution in [2.45, 2.75) is 25.2 Å². The SMILES string of the molecule is CCN(CCCO)S(=O)(=O)c1ccc(C)cc1. The first-order valence-corrected chi connectivity index (χ1v) is 7.14.